The average molecular weight is 269 g/mol. The molecule has 2 unspecified atom stereocenters. The first kappa shape index (κ1) is 13.9. The van der Waals surface area contributed by atoms with Crippen LogP contribution in [0.3, 0.4) is 0 Å². The molecule has 5 nitrogen and oxygen atoms in total. The number of hydrazine groups is 1. The fourth-order valence-electron chi connectivity index (χ4n) is 2.44. The van der Waals surface area contributed by atoms with Crippen LogP contribution in [0.1, 0.15) is 12.2 Å². The lowest BCUT2D eigenvalue weighted by molar-refractivity contribution is 0.208. The second kappa shape index (κ2) is 6.56. The highest BCUT2D eigenvalue weighted by atomic mass is 32.2. The lowest BCUT2D eigenvalue weighted by Gasteiger charge is -2.37. The highest BCUT2D eigenvalue weighted by Crippen LogP contribution is 2.19. The first-order chi connectivity index (χ1) is 8.72. The lowest BCUT2D eigenvalue weighted by Crippen LogP contribution is -2.54. The summed E-state index contributed by atoms with van der Waals surface area (Å²) in [6.07, 6.45) is 5.83. The molecule has 0 bridgehead atoms. The van der Waals surface area contributed by atoms with Crippen LogP contribution in [0.2, 0.25) is 0 Å². The number of imidazole rings is 1. The Kier molecular flexibility index (Phi) is 5.05. The average Bonchev–Trinajstić information content (AvgIpc) is 2.78. The molecule has 1 saturated heterocycles. The minimum absolute atomic E-state index is 0.333. The molecule has 0 aliphatic carbocycles. The van der Waals surface area contributed by atoms with Gasteiger partial charge in [-0.15, -0.1) is 0 Å². The van der Waals surface area contributed by atoms with Crippen LogP contribution in [0, 0.1) is 0 Å². The number of likely N-dealkylation sites (N-methyl/N-ethyl adjacent to an activating group) is 1. The maximum absolute atomic E-state index is 5.73. The molecule has 2 atom stereocenters. The molecule has 1 aliphatic heterocycles. The number of nitrogens with one attached hydrogen (secondary N) is 1. The largest absolute Gasteiger partial charge is 0.338 e. The maximum Gasteiger partial charge on any atom is 0.108 e. The fourth-order valence-corrected chi connectivity index (χ4v) is 3.75. The molecular weight excluding hydrogens is 246 g/mol. The van der Waals surface area contributed by atoms with Gasteiger partial charge in [0.1, 0.15) is 5.82 Å². The van der Waals surface area contributed by atoms with Gasteiger partial charge in [-0.1, -0.05) is 0 Å². The zero-order chi connectivity index (χ0) is 13.0. The smallest absolute Gasteiger partial charge is 0.108 e. The van der Waals surface area contributed by atoms with E-state index in [-0.39, 0.29) is 0 Å². The number of nitrogens with zero attached hydrogens (tertiary/aromatic N) is 3. The Balaban J connectivity index is 1.90. The molecule has 0 aromatic carbocycles. The highest BCUT2D eigenvalue weighted by Gasteiger charge is 2.27. The summed E-state index contributed by atoms with van der Waals surface area (Å²) in [7, 11) is 4.23. The third kappa shape index (κ3) is 3.26. The van der Waals surface area contributed by atoms with E-state index in [1.807, 2.05) is 31.2 Å². The molecule has 0 saturated carbocycles. The van der Waals surface area contributed by atoms with Gasteiger partial charge in [0, 0.05) is 56.0 Å². The summed E-state index contributed by atoms with van der Waals surface area (Å²) in [4.78, 5) is 6.78. The Morgan fingerprint density at radius 3 is 3.06 bits per heavy atom. The molecule has 3 N–H and O–H groups in total. The third-order valence-corrected chi connectivity index (χ3v) is 4.77. The van der Waals surface area contributed by atoms with Crippen LogP contribution in [0.25, 0.3) is 0 Å². The van der Waals surface area contributed by atoms with Crippen LogP contribution in [0.15, 0.2) is 12.4 Å². The van der Waals surface area contributed by atoms with Crippen molar-refractivity contribution in [1.82, 2.24) is 19.9 Å². The monoisotopic (exact) mass is 269 g/mol. The van der Waals surface area contributed by atoms with Gasteiger partial charge in [-0.05, 0) is 13.5 Å². The summed E-state index contributed by atoms with van der Waals surface area (Å²) in [5, 5.41) is 0. The summed E-state index contributed by atoms with van der Waals surface area (Å²) in [5.74, 6) is 9.24. The molecule has 2 rings (SSSR count). The first-order valence-electron chi connectivity index (χ1n) is 6.42. The predicted octanol–water partition coefficient (Wildman–Crippen LogP) is 0.232. The lowest BCUT2D eigenvalue weighted by atomic mass is 10.0. The summed E-state index contributed by atoms with van der Waals surface area (Å²) < 4.78 is 2.08. The summed E-state index contributed by atoms with van der Waals surface area (Å²) in [6, 6.07) is 0.855. The molecule has 0 radical (unpaired) electrons. The molecule has 1 aromatic heterocycles. The molecule has 0 amide bonds. The number of thioether (sulfide) groups is 1. The van der Waals surface area contributed by atoms with Gasteiger partial charge in [-0.2, -0.15) is 11.8 Å². The highest BCUT2D eigenvalue weighted by molar-refractivity contribution is 7.99. The summed E-state index contributed by atoms with van der Waals surface area (Å²) in [6.45, 7) is 1.15. The van der Waals surface area contributed by atoms with Crippen molar-refractivity contribution in [2.45, 2.75) is 24.9 Å². The van der Waals surface area contributed by atoms with Crippen molar-refractivity contribution in [2.24, 2.45) is 12.9 Å². The number of aryl methyl sites for hydroxylation is 2. The molecular formula is C12H23N5S. The van der Waals surface area contributed by atoms with Crippen LogP contribution in [0.5, 0.6) is 0 Å². The van der Waals surface area contributed by atoms with E-state index in [9.17, 15) is 0 Å². The molecule has 6 heteroatoms. The number of aromatic nitrogens is 2. The van der Waals surface area contributed by atoms with Gasteiger partial charge < -0.3 is 9.47 Å². The summed E-state index contributed by atoms with van der Waals surface area (Å²) in [5.41, 5.74) is 2.99. The summed E-state index contributed by atoms with van der Waals surface area (Å²) >= 11 is 2.02. The quantitative estimate of drug-likeness (QED) is 0.592. The van der Waals surface area contributed by atoms with Gasteiger partial charge in [0.15, 0.2) is 0 Å². The standard InChI is InChI=1S/C12H23N5S/c1-16-7-8-18-9-11(16)10(15-13)3-4-12-14-5-6-17(12)2/h5-6,10-11,15H,3-4,7-9,13H2,1-2H3. The fraction of sp³-hybridized carbons (Fsp3) is 0.750. The van der Waals surface area contributed by atoms with Gasteiger partial charge >= 0.3 is 0 Å². The van der Waals surface area contributed by atoms with Crippen LogP contribution in [0.4, 0.5) is 0 Å². The Morgan fingerprint density at radius 2 is 2.44 bits per heavy atom. The van der Waals surface area contributed by atoms with Crippen LogP contribution >= 0.6 is 11.8 Å². The van der Waals surface area contributed by atoms with Gasteiger partial charge in [0.25, 0.3) is 0 Å². The Labute approximate surface area is 113 Å². The van der Waals surface area contributed by atoms with Gasteiger partial charge in [0.2, 0.25) is 0 Å². The minimum atomic E-state index is 0.333. The van der Waals surface area contributed by atoms with E-state index in [2.05, 4.69) is 26.9 Å². The second-order valence-corrected chi connectivity index (χ2v) is 6.04. The van der Waals surface area contributed by atoms with Crippen LogP contribution in [-0.4, -0.2) is 51.6 Å². The molecule has 1 aromatic rings. The van der Waals surface area contributed by atoms with E-state index in [1.54, 1.807) is 0 Å². The van der Waals surface area contributed by atoms with Crippen LogP contribution in [-0.2, 0) is 13.5 Å². The normalized spacial score (nSPS) is 23.2. The van der Waals surface area contributed by atoms with Crippen molar-refractivity contribution in [1.29, 1.82) is 0 Å². The van der Waals surface area contributed by atoms with Crippen LogP contribution < -0.4 is 11.3 Å². The van der Waals surface area contributed by atoms with E-state index >= 15 is 0 Å². The maximum atomic E-state index is 5.73. The van der Waals surface area contributed by atoms with E-state index in [0.717, 1.165) is 31.0 Å². The number of nitrogens with two attached hydrogens (primary N) is 1. The first-order valence-corrected chi connectivity index (χ1v) is 7.58. The molecule has 0 spiro atoms. The van der Waals surface area contributed by atoms with E-state index in [4.69, 9.17) is 5.84 Å². The van der Waals surface area contributed by atoms with E-state index < -0.39 is 0 Å². The Bertz CT molecular complexity index is 367. The second-order valence-electron chi connectivity index (χ2n) is 4.89. The number of rotatable bonds is 5. The van der Waals surface area contributed by atoms with E-state index in [0.29, 0.717) is 12.1 Å². The Hall–Kier alpha value is -0.560. The number of hydrogen-bond donors (Lipinski definition) is 2. The van der Waals surface area contributed by atoms with Crippen molar-refractivity contribution >= 4 is 11.8 Å². The zero-order valence-corrected chi connectivity index (χ0v) is 12.0. The molecule has 2 heterocycles. The molecule has 1 fully saturated rings. The molecule has 102 valence electrons. The topological polar surface area (TPSA) is 59.1 Å². The van der Waals surface area contributed by atoms with Crippen molar-refractivity contribution in [2.75, 3.05) is 25.1 Å². The zero-order valence-electron chi connectivity index (χ0n) is 11.2. The molecule has 1 aliphatic rings. The van der Waals surface area contributed by atoms with Crippen molar-refractivity contribution < 1.29 is 0 Å². The SMILES string of the molecule is CN1CCSCC1C(CCc1nccn1C)NN. The van der Waals surface area contributed by atoms with Gasteiger partial charge in [-0.25, -0.2) is 4.98 Å². The van der Waals surface area contributed by atoms with Crippen molar-refractivity contribution in [3.05, 3.63) is 18.2 Å². The third-order valence-electron chi connectivity index (χ3n) is 3.72. The van der Waals surface area contributed by atoms with Gasteiger partial charge in [0.05, 0.1) is 0 Å². The van der Waals surface area contributed by atoms with E-state index in [1.165, 1.54) is 5.75 Å². The van der Waals surface area contributed by atoms with Gasteiger partial charge in [-0.3, -0.25) is 11.3 Å². The van der Waals surface area contributed by atoms with Crippen molar-refractivity contribution in [3.8, 4) is 0 Å². The van der Waals surface area contributed by atoms with Crippen molar-refractivity contribution in [3.63, 3.8) is 0 Å². The minimum Gasteiger partial charge on any atom is -0.338 e. The number of hydrogen-bond acceptors (Lipinski definition) is 5. The molecule has 18 heavy (non-hydrogen) atoms. The predicted molar refractivity (Wildman–Crippen MR) is 76.4 cm³/mol. The Morgan fingerprint density at radius 1 is 1.61 bits per heavy atom.